The van der Waals surface area contributed by atoms with Gasteiger partial charge in [0.05, 0.1) is 5.75 Å². The van der Waals surface area contributed by atoms with Crippen LogP contribution in [0.15, 0.2) is 0 Å². The van der Waals surface area contributed by atoms with Gasteiger partial charge in [-0.25, -0.2) is 8.42 Å². The van der Waals surface area contributed by atoms with Gasteiger partial charge in [0.2, 0.25) is 15.9 Å². The molecule has 0 aromatic rings. The largest absolute Gasteiger partial charge is 0.368 e. The molecule has 0 aliphatic rings. The summed E-state index contributed by atoms with van der Waals surface area (Å²) in [6, 6.07) is 0. The SMILES string of the molecule is CCS(=O)(=O)NOCC(N)=O. The van der Waals surface area contributed by atoms with Crippen LogP contribution in [0.1, 0.15) is 6.92 Å². The average molecular weight is 182 g/mol. The maximum atomic E-state index is 10.6. The fourth-order valence-electron chi connectivity index (χ4n) is 0.249. The molecule has 0 saturated heterocycles. The van der Waals surface area contributed by atoms with Crippen LogP contribution in [0.25, 0.3) is 0 Å². The fraction of sp³-hybridized carbons (Fsp3) is 0.750. The van der Waals surface area contributed by atoms with E-state index < -0.39 is 22.5 Å². The van der Waals surface area contributed by atoms with Crippen LogP contribution in [0.3, 0.4) is 0 Å². The molecule has 0 unspecified atom stereocenters. The van der Waals surface area contributed by atoms with Gasteiger partial charge < -0.3 is 5.73 Å². The summed E-state index contributed by atoms with van der Waals surface area (Å²) in [6.45, 7) is 0.981. The maximum Gasteiger partial charge on any atom is 0.245 e. The number of primary amides is 1. The van der Waals surface area contributed by atoms with E-state index in [1.807, 2.05) is 0 Å². The van der Waals surface area contributed by atoms with Crippen LogP contribution in [0.5, 0.6) is 0 Å². The van der Waals surface area contributed by atoms with Gasteiger partial charge >= 0.3 is 0 Å². The Bertz CT molecular complexity index is 222. The van der Waals surface area contributed by atoms with Gasteiger partial charge in [-0.1, -0.05) is 4.89 Å². The van der Waals surface area contributed by atoms with Crippen molar-refractivity contribution in [3.63, 3.8) is 0 Å². The summed E-state index contributed by atoms with van der Waals surface area (Å²) in [5.74, 6) is -0.838. The van der Waals surface area contributed by atoms with E-state index in [0.717, 1.165) is 0 Å². The fourth-order valence-corrected chi connectivity index (χ4v) is 0.606. The molecule has 3 N–H and O–H groups in total. The first-order chi connectivity index (χ1) is 4.98. The highest BCUT2D eigenvalue weighted by atomic mass is 32.2. The molecule has 0 aromatic carbocycles. The van der Waals surface area contributed by atoms with Crippen molar-refractivity contribution < 1.29 is 18.0 Å². The quantitative estimate of drug-likeness (QED) is 0.497. The van der Waals surface area contributed by atoms with Crippen LogP contribution in [-0.2, 0) is 19.7 Å². The Morgan fingerprint density at radius 1 is 1.64 bits per heavy atom. The number of sulfonamides is 1. The maximum absolute atomic E-state index is 10.6. The van der Waals surface area contributed by atoms with Crippen molar-refractivity contribution in [2.24, 2.45) is 5.73 Å². The number of rotatable bonds is 5. The van der Waals surface area contributed by atoms with Crippen molar-refractivity contribution in [3.05, 3.63) is 0 Å². The Hall–Kier alpha value is -0.660. The Morgan fingerprint density at radius 2 is 2.18 bits per heavy atom. The normalized spacial score (nSPS) is 11.4. The van der Waals surface area contributed by atoms with Crippen molar-refractivity contribution in [2.75, 3.05) is 12.4 Å². The summed E-state index contributed by atoms with van der Waals surface area (Å²) in [7, 11) is -3.40. The number of carbonyl (C=O) groups excluding carboxylic acids is 1. The molecule has 7 heteroatoms. The highest BCUT2D eigenvalue weighted by Crippen LogP contribution is 1.81. The zero-order chi connectivity index (χ0) is 8.91. The van der Waals surface area contributed by atoms with Crippen molar-refractivity contribution in [1.29, 1.82) is 0 Å². The van der Waals surface area contributed by atoms with Gasteiger partial charge in [-0.15, -0.1) is 0 Å². The number of hydrogen-bond acceptors (Lipinski definition) is 4. The lowest BCUT2D eigenvalue weighted by Crippen LogP contribution is -2.30. The molecule has 6 nitrogen and oxygen atoms in total. The predicted octanol–water partition coefficient (Wildman–Crippen LogP) is -1.66. The van der Waals surface area contributed by atoms with Gasteiger partial charge in [-0.05, 0) is 6.92 Å². The van der Waals surface area contributed by atoms with Crippen LogP contribution in [0.2, 0.25) is 0 Å². The minimum Gasteiger partial charge on any atom is -0.368 e. The monoisotopic (exact) mass is 182 g/mol. The summed E-state index contributed by atoms with van der Waals surface area (Å²) < 4.78 is 21.2. The molecule has 0 fully saturated rings. The van der Waals surface area contributed by atoms with E-state index >= 15 is 0 Å². The summed E-state index contributed by atoms with van der Waals surface area (Å²) in [6.07, 6.45) is 0. The highest BCUT2D eigenvalue weighted by Gasteiger charge is 2.05. The van der Waals surface area contributed by atoms with Gasteiger partial charge in [0.25, 0.3) is 0 Å². The smallest absolute Gasteiger partial charge is 0.245 e. The molecule has 0 heterocycles. The highest BCUT2D eigenvalue weighted by molar-refractivity contribution is 7.89. The number of amides is 1. The molecule has 0 aliphatic carbocycles. The van der Waals surface area contributed by atoms with Crippen molar-refractivity contribution in [2.45, 2.75) is 6.92 Å². The Balaban J connectivity index is 3.63. The molecule has 0 spiro atoms. The van der Waals surface area contributed by atoms with E-state index in [0.29, 0.717) is 0 Å². The Kier molecular flexibility index (Phi) is 4.01. The molecule has 0 saturated carbocycles. The van der Waals surface area contributed by atoms with Crippen molar-refractivity contribution in [3.8, 4) is 0 Å². The zero-order valence-corrected chi connectivity index (χ0v) is 6.85. The molecule has 1 amide bonds. The lowest BCUT2D eigenvalue weighted by Gasteiger charge is -2.01. The number of nitrogens with one attached hydrogen (secondary N) is 1. The predicted molar refractivity (Wildman–Crippen MR) is 37.7 cm³/mol. The lowest BCUT2D eigenvalue weighted by atomic mass is 10.7. The van der Waals surface area contributed by atoms with Gasteiger partial charge in [-0.2, -0.15) is 0 Å². The van der Waals surface area contributed by atoms with Gasteiger partial charge in [0, 0.05) is 0 Å². The molecule has 0 bridgehead atoms. The third kappa shape index (κ3) is 5.77. The first-order valence-electron chi connectivity index (χ1n) is 2.87. The Labute approximate surface area is 64.7 Å². The van der Waals surface area contributed by atoms with E-state index in [-0.39, 0.29) is 5.75 Å². The summed E-state index contributed by atoms with van der Waals surface area (Å²) in [5, 5.41) is 0. The van der Waals surface area contributed by atoms with Crippen molar-refractivity contribution in [1.82, 2.24) is 4.89 Å². The molecule has 0 aliphatic heterocycles. The zero-order valence-electron chi connectivity index (χ0n) is 6.03. The molecule has 0 rings (SSSR count). The van der Waals surface area contributed by atoms with Gasteiger partial charge in [0.1, 0.15) is 6.61 Å². The van der Waals surface area contributed by atoms with E-state index in [2.05, 4.69) is 10.6 Å². The standard InChI is InChI=1S/C4H10N2O4S/c1-2-11(8,9)6-10-3-4(5)7/h6H,2-3H2,1H3,(H2,5,7). The molecular formula is C4H10N2O4S. The second kappa shape index (κ2) is 4.27. The molecular weight excluding hydrogens is 172 g/mol. The average Bonchev–Trinajstić information content (AvgIpc) is 1.87. The first-order valence-corrected chi connectivity index (χ1v) is 4.52. The molecule has 66 valence electrons. The van der Waals surface area contributed by atoms with E-state index in [9.17, 15) is 13.2 Å². The summed E-state index contributed by atoms with van der Waals surface area (Å²) in [5.41, 5.74) is 4.66. The van der Waals surface area contributed by atoms with E-state index in [1.165, 1.54) is 6.92 Å². The van der Waals surface area contributed by atoms with Crippen LogP contribution < -0.4 is 10.6 Å². The third-order valence-electron chi connectivity index (χ3n) is 0.780. The topological polar surface area (TPSA) is 98.5 Å². The second-order valence-corrected chi connectivity index (χ2v) is 3.72. The third-order valence-corrected chi connectivity index (χ3v) is 1.91. The number of carbonyl (C=O) groups is 1. The molecule has 11 heavy (non-hydrogen) atoms. The van der Waals surface area contributed by atoms with Gasteiger partial charge in [0.15, 0.2) is 0 Å². The number of hydrogen-bond donors (Lipinski definition) is 2. The molecule has 0 aromatic heterocycles. The van der Waals surface area contributed by atoms with Crippen LogP contribution in [-0.4, -0.2) is 26.7 Å². The van der Waals surface area contributed by atoms with Crippen LogP contribution >= 0.6 is 0 Å². The van der Waals surface area contributed by atoms with Crippen LogP contribution in [0.4, 0.5) is 0 Å². The van der Waals surface area contributed by atoms with E-state index in [1.54, 1.807) is 4.89 Å². The van der Waals surface area contributed by atoms with Crippen LogP contribution in [0, 0.1) is 0 Å². The van der Waals surface area contributed by atoms with Crippen molar-refractivity contribution >= 4 is 15.9 Å². The first kappa shape index (κ1) is 10.3. The lowest BCUT2D eigenvalue weighted by molar-refractivity contribution is -0.123. The Morgan fingerprint density at radius 3 is 2.55 bits per heavy atom. The molecule has 0 atom stereocenters. The molecule has 0 radical (unpaired) electrons. The summed E-state index contributed by atoms with van der Waals surface area (Å²) in [4.78, 5) is 16.0. The minimum absolute atomic E-state index is 0.105. The number of nitrogens with two attached hydrogens (primary N) is 1. The second-order valence-electron chi connectivity index (χ2n) is 1.74. The van der Waals surface area contributed by atoms with Gasteiger partial charge in [-0.3, -0.25) is 9.63 Å². The minimum atomic E-state index is -3.40. The summed E-state index contributed by atoms with van der Waals surface area (Å²) >= 11 is 0. The van der Waals surface area contributed by atoms with E-state index in [4.69, 9.17) is 0 Å².